The van der Waals surface area contributed by atoms with Crippen molar-refractivity contribution in [1.82, 2.24) is 19.9 Å². The first-order valence-electron chi connectivity index (χ1n) is 9.26. The molecule has 0 radical (unpaired) electrons. The Morgan fingerprint density at radius 1 is 1.31 bits per heavy atom. The lowest BCUT2D eigenvalue weighted by atomic mass is 10.2. The predicted molar refractivity (Wildman–Crippen MR) is 113 cm³/mol. The number of hydrogen-bond donors (Lipinski definition) is 1. The second-order valence-electron chi connectivity index (χ2n) is 6.62. The van der Waals surface area contributed by atoms with Crippen LogP contribution in [-0.2, 0) is 11.2 Å². The van der Waals surface area contributed by atoms with E-state index in [2.05, 4.69) is 15.5 Å². The van der Waals surface area contributed by atoms with Gasteiger partial charge in [0.15, 0.2) is 17.1 Å². The maximum atomic E-state index is 12.1. The molecule has 29 heavy (non-hydrogen) atoms. The minimum absolute atomic E-state index is 0.0315. The summed E-state index contributed by atoms with van der Waals surface area (Å²) in [4.78, 5) is 12.1. The number of pyridine rings is 1. The van der Waals surface area contributed by atoms with Crippen LogP contribution in [0.5, 0.6) is 11.5 Å². The molecule has 0 fully saturated rings. The standard InChI is InChI=1S/C21H23ClN4O3/c1-14(2)29-21-16(22)12-15(13-17(21)28-3)7-8-20(27)23-10-9-19-25-24-18-6-4-5-11-26(18)19/h4-8,11-14H,9-10H2,1-3H3,(H,23,27)/b8-7+. The topological polar surface area (TPSA) is 77.8 Å². The lowest BCUT2D eigenvalue weighted by Crippen LogP contribution is -2.24. The Hall–Kier alpha value is -3.06. The Kier molecular flexibility index (Phi) is 6.72. The normalized spacial score (nSPS) is 11.3. The van der Waals surface area contributed by atoms with Crippen LogP contribution in [0.4, 0.5) is 0 Å². The van der Waals surface area contributed by atoms with Crippen LogP contribution < -0.4 is 14.8 Å². The van der Waals surface area contributed by atoms with Crippen LogP contribution in [0.1, 0.15) is 25.2 Å². The van der Waals surface area contributed by atoms with Gasteiger partial charge in [0.05, 0.1) is 18.2 Å². The fourth-order valence-corrected chi connectivity index (χ4v) is 3.04. The van der Waals surface area contributed by atoms with Gasteiger partial charge < -0.3 is 14.8 Å². The lowest BCUT2D eigenvalue weighted by Gasteiger charge is -2.15. The molecule has 1 aromatic carbocycles. The summed E-state index contributed by atoms with van der Waals surface area (Å²) in [6.07, 6.45) is 5.57. The first kappa shape index (κ1) is 20.7. The van der Waals surface area contributed by atoms with E-state index in [0.717, 1.165) is 17.0 Å². The maximum Gasteiger partial charge on any atom is 0.244 e. The number of benzene rings is 1. The summed E-state index contributed by atoms with van der Waals surface area (Å²) in [6, 6.07) is 9.21. The van der Waals surface area contributed by atoms with Crippen molar-refractivity contribution in [3.8, 4) is 11.5 Å². The van der Waals surface area contributed by atoms with Crippen molar-refractivity contribution >= 4 is 29.2 Å². The Balaban J connectivity index is 1.59. The number of nitrogens with zero attached hydrogens (tertiary/aromatic N) is 3. The average Bonchev–Trinajstić information content (AvgIpc) is 3.11. The minimum atomic E-state index is -0.212. The van der Waals surface area contributed by atoms with E-state index in [4.69, 9.17) is 21.1 Å². The molecule has 2 aromatic heterocycles. The molecular weight excluding hydrogens is 392 g/mol. The Labute approximate surface area is 174 Å². The summed E-state index contributed by atoms with van der Waals surface area (Å²) >= 11 is 6.31. The molecule has 0 aliphatic heterocycles. The van der Waals surface area contributed by atoms with E-state index in [-0.39, 0.29) is 12.0 Å². The van der Waals surface area contributed by atoms with Crippen molar-refractivity contribution in [2.75, 3.05) is 13.7 Å². The fraction of sp³-hybridized carbons (Fsp3) is 0.286. The molecule has 152 valence electrons. The van der Waals surface area contributed by atoms with E-state index in [9.17, 15) is 4.79 Å². The predicted octanol–water partition coefficient (Wildman–Crippen LogP) is 3.55. The van der Waals surface area contributed by atoms with E-state index in [1.807, 2.05) is 42.6 Å². The van der Waals surface area contributed by atoms with E-state index in [1.165, 1.54) is 6.08 Å². The van der Waals surface area contributed by atoms with Crippen LogP contribution in [0.2, 0.25) is 5.02 Å². The molecule has 0 saturated carbocycles. The summed E-state index contributed by atoms with van der Waals surface area (Å²) < 4.78 is 12.9. The summed E-state index contributed by atoms with van der Waals surface area (Å²) in [5.41, 5.74) is 1.52. The number of aromatic nitrogens is 3. The third kappa shape index (κ3) is 5.26. The van der Waals surface area contributed by atoms with Gasteiger partial charge in [0.2, 0.25) is 5.91 Å². The zero-order chi connectivity index (χ0) is 20.8. The van der Waals surface area contributed by atoms with Crippen molar-refractivity contribution in [3.05, 3.63) is 59.0 Å². The molecule has 1 amide bonds. The van der Waals surface area contributed by atoms with Crippen molar-refractivity contribution in [1.29, 1.82) is 0 Å². The molecule has 3 aromatic rings. The smallest absolute Gasteiger partial charge is 0.244 e. The van der Waals surface area contributed by atoms with Gasteiger partial charge in [-0.2, -0.15) is 0 Å². The summed E-state index contributed by atoms with van der Waals surface area (Å²) in [5, 5.41) is 11.5. The second kappa shape index (κ2) is 9.43. The fourth-order valence-electron chi connectivity index (χ4n) is 2.78. The number of ether oxygens (including phenoxy) is 2. The highest BCUT2D eigenvalue weighted by atomic mass is 35.5. The average molecular weight is 415 g/mol. The van der Waals surface area contributed by atoms with E-state index >= 15 is 0 Å². The van der Waals surface area contributed by atoms with Gasteiger partial charge in [0.1, 0.15) is 5.82 Å². The van der Waals surface area contributed by atoms with Gasteiger partial charge in [0, 0.05) is 25.2 Å². The van der Waals surface area contributed by atoms with Gasteiger partial charge in [-0.1, -0.05) is 17.7 Å². The number of rotatable bonds is 8. The Morgan fingerprint density at radius 2 is 2.14 bits per heavy atom. The van der Waals surface area contributed by atoms with Crippen LogP contribution in [-0.4, -0.2) is 40.3 Å². The van der Waals surface area contributed by atoms with E-state index in [1.54, 1.807) is 25.3 Å². The number of halogens is 1. The second-order valence-corrected chi connectivity index (χ2v) is 7.03. The molecule has 2 heterocycles. The Bertz CT molecular complexity index is 1030. The van der Waals surface area contributed by atoms with E-state index in [0.29, 0.717) is 29.5 Å². The van der Waals surface area contributed by atoms with Gasteiger partial charge >= 0.3 is 0 Å². The molecule has 0 aliphatic carbocycles. The summed E-state index contributed by atoms with van der Waals surface area (Å²) in [6.45, 7) is 4.27. The number of carbonyl (C=O) groups is 1. The molecule has 0 spiro atoms. The lowest BCUT2D eigenvalue weighted by molar-refractivity contribution is -0.116. The number of amides is 1. The van der Waals surface area contributed by atoms with Gasteiger partial charge in [-0.25, -0.2) is 0 Å². The largest absolute Gasteiger partial charge is 0.493 e. The minimum Gasteiger partial charge on any atom is -0.493 e. The molecule has 0 aliphatic rings. The van der Waals surface area contributed by atoms with Crippen LogP contribution in [0.15, 0.2) is 42.6 Å². The van der Waals surface area contributed by atoms with Crippen molar-refractivity contribution < 1.29 is 14.3 Å². The van der Waals surface area contributed by atoms with E-state index < -0.39 is 0 Å². The highest BCUT2D eigenvalue weighted by molar-refractivity contribution is 6.32. The van der Waals surface area contributed by atoms with Crippen molar-refractivity contribution in [2.24, 2.45) is 0 Å². The van der Waals surface area contributed by atoms with Crippen molar-refractivity contribution in [3.63, 3.8) is 0 Å². The third-order valence-corrected chi connectivity index (χ3v) is 4.35. The quantitative estimate of drug-likeness (QED) is 0.570. The van der Waals surface area contributed by atoms with Crippen LogP contribution >= 0.6 is 11.6 Å². The van der Waals surface area contributed by atoms with Gasteiger partial charge in [0.25, 0.3) is 0 Å². The first-order valence-corrected chi connectivity index (χ1v) is 9.64. The number of methoxy groups -OCH3 is 1. The highest BCUT2D eigenvalue weighted by Gasteiger charge is 2.13. The zero-order valence-electron chi connectivity index (χ0n) is 16.6. The zero-order valence-corrected chi connectivity index (χ0v) is 17.3. The third-order valence-electron chi connectivity index (χ3n) is 4.06. The number of hydrogen-bond acceptors (Lipinski definition) is 5. The summed E-state index contributed by atoms with van der Waals surface area (Å²) in [5.74, 6) is 1.59. The molecule has 0 atom stereocenters. The van der Waals surface area contributed by atoms with Crippen LogP contribution in [0.25, 0.3) is 11.7 Å². The van der Waals surface area contributed by atoms with Crippen LogP contribution in [0, 0.1) is 0 Å². The highest BCUT2D eigenvalue weighted by Crippen LogP contribution is 2.37. The van der Waals surface area contributed by atoms with Gasteiger partial charge in [-0.05, 0) is 49.8 Å². The molecule has 1 N–H and O–H groups in total. The molecule has 8 heteroatoms. The molecular formula is C21H23ClN4O3. The van der Waals surface area contributed by atoms with Crippen molar-refractivity contribution in [2.45, 2.75) is 26.4 Å². The number of fused-ring (bicyclic) bond motifs is 1. The molecule has 0 unspecified atom stereocenters. The Morgan fingerprint density at radius 3 is 2.90 bits per heavy atom. The molecule has 0 bridgehead atoms. The van der Waals surface area contributed by atoms with Gasteiger partial charge in [-0.3, -0.25) is 9.20 Å². The summed E-state index contributed by atoms with van der Waals surface area (Å²) in [7, 11) is 1.55. The maximum absolute atomic E-state index is 12.1. The monoisotopic (exact) mass is 414 g/mol. The molecule has 7 nitrogen and oxygen atoms in total. The van der Waals surface area contributed by atoms with Crippen LogP contribution in [0.3, 0.4) is 0 Å². The molecule has 0 saturated heterocycles. The number of nitrogens with one attached hydrogen (secondary N) is 1. The first-order chi connectivity index (χ1) is 14.0. The number of carbonyl (C=O) groups excluding carboxylic acids is 1. The molecule has 3 rings (SSSR count). The van der Waals surface area contributed by atoms with Gasteiger partial charge in [-0.15, -0.1) is 10.2 Å². The SMILES string of the molecule is COc1cc(/C=C/C(=O)NCCc2nnc3ccccn23)cc(Cl)c1OC(C)C.